The molecule has 3 rings (SSSR count). The number of halogens is 6. The highest BCUT2D eigenvalue weighted by Gasteiger charge is 2.39. The molecule has 1 N–H and O–H groups in total. The molecule has 11 heteroatoms. The van der Waals surface area contributed by atoms with E-state index in [2.05, 4.69) is 16.9 Å². The molecule has 1 heterocycles. The summed E-state index contributed by atoms with van der Waals surface area (Å²) in [5.74, 6) is -0.779. The Bertz CT molecular complexity index is 1200. The summed E-state index contributed by atoms with van der Waals surface area (Å²) in [4.78, 5) is 18.5. The first kappa shape index (κ1) is 26.8. The molecule has 1 atom stereocenters. The molecule has 192 valence electrons. The first-order chi connectivity index (χ1) is 16.9. The zero-order chi connectivity index (χ0) is 26.7. The summed E-state index contributed by atoms with van der Waals surface area (Å²) in [7, 11) is 1.11. The molecule has 1 unspecified atom stereocenters. The number of nitrogens with one attached hydrogen (secondary N) is 1. The van der Waals surface area contributed by atoms with Gasteiger partial charge in [0.1, 0.15) is 0 Å². The second kappa shape index (κ2) is 10.5. The molecule has 0 aromatic heterocycles. The Balaban J connectivity index is 2.18. The Hall–Kier alpha value is -3.76. The average molecular weight is 511 g/mol. The molecular weight excluding hydrogens is 488 g/mol. The molecule has 0 saturated carbocycles. The van der Waals surface area contributed by atoms with Crippen molar-refractivity contribution in [1.82, 2.24) is 10.2 Å². The van der Waals surface area contributed by atoms with Crippen LogP contribution in [0.1, 0.15) is 35.2 Å². The number of carbonyl (C=O) groups excluding carboxylic acids is 1. The van der Waals surface area contributed by atoms with E-state index < -0.39 is 35.5 Å². The predicted octanol–water partition coefficient (Wildman–Crippen LogP) is 5.86. The van der Waals surface area contributed by atoms with Crippen LogP contribution in [0.5, 0.6) is 0 Å². The molecule has 0 radical (unpaired) electrons. The van der Waals surface area contributed by atoms with Crippen molar-refractivity contribution in [3.05, 3.63) is 94.7 Å². The number of rotatable bonds is 6. The van der Waals surface area contributed by atoms with Crippen LogP contribution in [0, 0.1) is 0 Å². The number of esters is 1. The van der Waals surface area contributed by atoms with Gasteiger partial charge >= 0.3 is 18.3 Å². The van der Waals surface area contributed by atoms with Gasteiger partial charge in [0.05, 0.1) is 42.9 Å². The lowest BCUT2D eigenvalue weighted by atomic mass is 9.93. The number of ether oxygens (including phenoxy) is 1. The molecule has 0 saturated heterocycles. The summed E-state index contributed by atoms with van der Waals surface area (Å²) in [6.07, 6.45) is -7.80. The highest BCUT2D eigenvalue weighted by Crippen LogP contribution is 2.37. The number of alkyl halides is 6. The van der Waals surface area contributed by atoms with Crippen LogP contribution < -0.4 is 5.32 Å². The normalized spacial score (nSPS) is 17.7. The van der Waals surface area contributed by atoms with Crippen molar-refractivity contribution in [3.63, 3.8) is 0 Å². The molecule has 1 aliphatic rings. The van der Waals surface area contributed by atoms with E-state index in [4.69, 9.17) is 4.74 Å². The minimum Gasteiger partial charge on any atom is -0.466 e. The van der Waals surface area contributed by atoms with Gasteiger partial charge in [0.2, 0.25) is 0 Å². The maximum atomic E-state index is 13.6. The van der Waals surface area contributed by atoms with Gasteiger partial charge < -0.3 is 15.0 Å². The van der Waals surface area contributed by atoms with Crippen molar-refractivity contribution in [2.75, 3.05) is 13.7 Å². The van der Waals surface area contributed by atoms with E-state index in [0.29, 0.717) is 0 Å². The first-order valence-electron chi connectivity index (χ1n) is 10.7. The number of carbonyl (C=O) groups is 1. The van der Waals surface area contributed by atoms with E-state index in [-0.39, 0.29) is 41.4 Å². The minimum atomic E-state index is -4.62. The highest BCUT2D eigenvalue weighted by molar-refractivity contribution is 5.96. The average Bonchev–Trinajstić information content (AvgIpc) is 2.83. The Morgan fingerprint density at radius 2 is 1.81 bits per heavy atom. The third-order valence-corrected chi connectivity index (χ3v) is 5.59. The van der Waals surface area contributed by atoms with Gasteiger partial charge in [0.15, 0.2) is 5.96 Å². The Morgan fingerprint density at radius 3 is 2.42 bits per heavy atom. The molecular formula is C25H23F6N3O2. The van der Waals surface area contributed by atoms with Crippen molar-refractivity contribution in [2.45, 2.75) is 31.9 Å². The van der Waals surface area contributed by atoms with E-state index in [9.17, 15) is 31.1 Å². The van der Waals surface area contributed by atoms with Gasteiger partial charge in [0.25, 0.3) is 0 Å². The number of benzene rings is 2. The SMILES string of the molecule is C=CCN=C1NC(c2cccc(C(F)(F)F)c2)C(C(=O)OC)=C(C)N1Cc1ccccc1C(F)(F)F. The van der Waals surface area contributed by atoms with Gasteiger partial charge in [-0.1, -0.05) is 36.4 Å². The van der Waals surface area contributed by atoms with Gasteiger partial charge in [-0.15, -0.1) is 6.58 Å². The fourth-order valence-corrected chi connectivity index (χ4v) is 3.89. The number of aliphatic imine (C=N–C) groups is 1. The standard InChI is InChI=1S/C25H23F6N3O2/c1-4-12-32-23-33-21(16-9-7-10-18(13-16)24(26,27)28)20(22(35)36-3)15(2)34(23)14-17-8-5-6-11-19(17)25(29,30)31/h4-11,13,21H,1,12,14H2,2-3H3,(H,32,33). The number of hydrogen-bond donors (Lipinski definition) is 1. The zero-order valence-corrected chi connectivity index (χ0v) is 19.4. The van der Waals surface area contributed by atoms with Crippen LogP contribution in [0.2, 0.25) is 0 Å². The summed E-state index contributed by atoms with van der Waals surface area (Å²) >= 11 is 0. The maximum absolute atomic E-state index is 13.6. The third kappa shape index (κ3) is 5.72. The number of guanidine groups is 1. The zero-order valence-electron chi connectivity index (χ0n) is 19.4. The lowest BCUT2D eigenvalue weighted by molar-refractivity contribution is -0.139. The Morgan fingerprint density at radius 1 is 1.11 bits per heavy atom. The fourth-order valence-electron chi connectivity index (χ4n) is 3.89. The maximum Gasteiger partial charge on any atom is 0.416 e. The monoisotopic (exact) mass is 511 g/mol. The summed E-state index contributed by atoms with van der Waals surface area (Å²) in [6, 6.07) is 8.27. The second-order valence-electron chi connectivity index (χ2n) is 7.89. The van der Waals surface area contributed by atoms with Crippen LogP contribution in [0.3, 0.4) is 0 Å². The van der Waals surface area contributed by atoms with E-state index in [0.717, 1.165) is 25.3 Å². The van der Waals surface area contributed by atoms with E-state index in [1.165, 1.54) is 48.2 Å². The summed E-state index contributed by atoms with van der Waals surface area (Å²) in [5.41, 5.74) is -1.64. The predicted molar refractivity (Wildman–Crippen MR) is 122 cm³/mol. The van der Waals surface area contributed by atoms with Gasteiger partial charge in [-0.05, 0) is 36.2 Å². The molecule has 0 fully saturated rings. The smallest absolute Gasteiger partial charge is 0.416 e. The molecule has 2 aromatic carbocycles. The molecule has 0 amide bonds. The number of hydrogen-bond acceptors (Lipinski definition) is 3. The van der Waals surface area contributed by atoms with Gasteiger partial charge in [-0.2, -0.15) is 26.3 Å². The van der Waals surface area contributed by atoms with Crippen molar-refractivity contribution in [3.8, 4) is 0 Å². The first-order valence-corrected chi connectivity index (χ1v) is 10.7. The van der Waals surface area contributed by atoms with Crippen LogP contribution in [-0.4, -0.2) is 30.5 Å². The number of allylic oxidation sites excluding steroid dienone is 1. The second-order valence-corrected chi connectivity index (χ2v) is 7.89. The van der Waals surface area contributed by atoms with Crippen molar-refractivity contribution < 1.29 is 35.9 Å². The van der Waals surface area contributed by atoms with Crippen LogP contribution >= 0.6 is 0 Å². The quantitative estimate of drug-likeness (QED) is 0.300. The molecule has 5 nitrogen and oxygen atoms in total. The van der Waals surface area contributed by atoms with Gasteiger partial charge in [-0.25, -0.2) is 9.79 Å². The topological polar surface area (TPSA) is 53.9 Å². The van der Waals surface area contributed by atoms with Crippen LogP contribution in [0.4, 0.5) is 26.3 Å². The van der Waals surface area contributed by atoms with E-state index >= 15 is 0 Å². The molecule has 0 spiro atoms. The van der Waals surface area contributed by atoms with Crippen LogP contribution in [0.25, 0.3) is 0 Å². The molecule has 0 aliphatic carbocycles. The van der Waals surface area contributed by atoms with Crippen molar-refractivity contribution in [1.29, 1.82) is 0 Å². The lowest BCUT2D eigenvalue weighted by Crippen LogP contribution is -2.49. The van der Waals surface area contributed by atoms with E-state index in [1.807, 2.05) is 0 Å². The van der Waals surface area contributed by atoms with Gasteiger partial charge in [0, 0.05) is 5.70 Å². The molecule has 0 bridgehead atoms. The van der Waals surface area contributed by atoms with E-state index in [1.54, 1.807) is 0 Å². The lowest BCUT2D eigenvalue weighted by Gasteiger charge is -2.38. The number of methoxy groups -OCH3 is 1. The summed E-state index contributed by atoms with van der Waals surface area (Å²) in [5, 5.41) is 2.93. The fraction of sp³-hybridized carbons (Fsp3) is 0.280. The highest BCUT2D eigenvalue weighted by atomic mass is 19.4. The molecule has 2 aromatic rings. The van der Waals surface area contributed by atoms with Gasteiger partial charge in [-0.3, -0.25) is 0 Å². The van der Waals surface area contributed by atoms with Crippen molar-refractivity contribution >= 4 is 11.9 Å². The largest absolute Gasteiger partial charge is 0.466 e. The van der Waals surface area contributed by atoms with Crippen molar-refractivity contribution in [2.24, 2.45) is 4.99 Å². The Kier molecular flexibility index (Phi) is 7.80. The Labute approximate surface area is 203 Å². The molecule has 1 aliphatic heterocycles. The molecule has 36 heavy (non-hydrogen) atoms. The minimum absolute atomic E-state index is 0.0566. The summed E-state index contributed by atoms with van der Waals surface area (Å²) in [6.45, 7) is 4.80. The van der Waals surface area contributed by atoms with Crippen LogP contribution in [0.15, 0.2) is 77.4 Å². The van der Waals surface area contributed by atoms with Crippen LogP contribution in [-0.2, 0) is 28.4 Å². The number of nitrogens with zero attached hydrogens (tertiary/aromatic N) is 2. The third-order valence-electron chi connectivity index (χ3n) is 5.59. The summed E-state index contributed by atoms with van der Waals surface area (Å²) < 4.78 is 85.8.